The van der Waals surface area contributed by atoms with E-state index in [1.165, 1.54) is 9.36 Å². The highest BCUT2D eigenvalue weighted by Gasteiger charge is 2.50. The third-order valence-corrected chi connectivity index (χ3v) is 9.86. The Balaban J connectivity index is 1.30. The van der Waals surface area contributed by atoms with Gasteiger partial charge in [0.05, 0.1) is 78.3 Å². The van der Waals surface area contributed by atoms with Gasteiger partial charge in [-0.05, 0) is 12.8 Å². The molecule has 0 aromatic carbocycles. The van der Waals surface area contributed by atoms with E-state index in [4.69, 9.17) is 33.2 Å². The highest BCUT2D eigenvalue weighted by molar-refractivity contribution is 4.96. The minimum absolute atomic E-state index is 0.0703. The summed E-state index contributed by atoms with van der Waals surface area (Å²) in [5, 5.41) is 100. The maximum atomic E-state index is 10.8. The van der Waals surface area contributed by atoms with Crippen molar-refractivity contribution in [2.75, 3.05) is 52.9 Å². The van der Waals surface area contributed by atoms with Gasteiger partial charge in [-0.25, -0.2) is 9.36 Å². The van der Waals surface area contributed by atoms with Crippen molar-refractivity contribution in [3.05, 3.63) is 23.8 Å². The quantitative estimate of drug-likeness (QED) is 0.0470. The fraction of sp³-hybridized carbons (Fsp3) is 0.889. The molecule has 4 rings (SSSR count). The standard InChI is InChI=1S/C36H64N6O15/c1-5-7-9-51-19-35(3,17-43)21-53-15-23-11-41(39-37-23)13-25-27(45)29(47)31(49)33(55-25)57-34-32(50)30(48)28(46)26(56-34)14-42-12-24(38-40-42)16-54-22-36(4,18-44)20-52-10-8-6-2/h11-12,25-34,43-50H,5-10,13-22H2,1-4H3/t25?,26?,27-,28-,29+,30?,31?,32?,33-,34-,35?,36?/m1/s1. The second-order valence-electron chi connectivity index (χ2n) is 15.8. The summed E-state index contributed by atoms with van der Waals surface area (Å²) in [6.45, 7) is 9.68. The Morgan fingerprint density at radius 3 is 1.35 bits per heavy atom. The van der Waals surface area contributed by atoms with E-state index in [9.17, 15) is 40.9 Å². The summed E-state index contributed by atoms with van der Waals surface area (Å²) in [4.78, 5) is 0. The van der Waals surface area contributed by atoms with Gasteiger partial charge in [-0.2, -0.15) is 0 Å². The molecule has 2 aromatic rings. The van der Waals surface area contributed by atoms with Gasteiger partial charge < -0.3 is 74.0 Å². The van der Waals surface area contributed by atoms with Gasteiger partial charge in [-0.15, -0.1) is 10.2 Å². The Labute approximate surface area is 332 Å². The summed E-state index contributed by atoms with van der Waals surface area (Å²) in [6, 6.07) is 0. The average Bonchev–Trinajstić information content (AvgIpc) is 3.85. The molecule has 12 atom stereocenters. The van der Waals surface area contributed by atoms with E-state index in [1.54, 1.807) is 12.4 Å². The summed E-state index contributed by atoms with van der Waals surface area (Å²) in [7, 11) is 0. The molecule has 7 unspecified atom stereocenters. The lowest BCUT2D eigenvalue weighted by Gasteiger charge is -2.45. The number of aromatic nitrogens is 6. The molecule has 0 saturated carbocycles. The number of aliphatic hydroxyl groups is 8. The van der Waals surface area contributed by atoms with Crippen LogP contribution in [0.5, 0.6) is 0 Å². The van der Waals surface area contributed by atoms with Gasteiger partial charge in [0, 0.05) is 24.0 Å². The number of unbranched alkanes of at least 4 members (excludes halogenated alkanes) is 2. The molecular formula is C36H64N6O15. The van der Waals surface area contributed by atoms with E-state index in [0.29, 0.717) is 37.8 Å². The Hall–Kier alpha value is -2.32. The Kier molecular flexibility index (Phi) is 19.0. The minimum Gasteiger partial charge on any atom is -0.396 e. The van der Waals surface area contributed by atoms with Crippen molar-refractivity contribution < 1.29 is 74.0 Å². The van der Waals surface area contributed by atoms with Crippen LogP contribution in [0, 0.1) is 10.8 Å². The fourth-order valence-corrected chi connectivity index (χ4v) is 6.05. The highest BCUT2D eigenvalue weighted by atomic mass is 16.8. The van der Waals surface area contributed by atoms with Crippen LogP contribution in [0.1, 0.15) is 64.8 Å². The molecule has 2 fully saturated rings. The van der Waals surface area contributed by atoms with Crippen molar-refractivity contribution in [1.29, 1.82) is 0 Å². The monoisotopic (exact) mass is 820 g/mol. The zero-order chi connectivity index (χ0) is 41.6. The molecule has 0 amide bonds. The molecule has 328 valence electrons. The SMILES string of the molecule is CCCCOCC(C)(CO)COCc1cn(CC2O[C@H](O[C@H]3OC(Cn4cc(COCC(C)(CO)COCCCC)nn4)[C@@H](O)[C@H](O)C3O)C(O)C(O)[C@@H]2O)nn1. The zero-order valence-corrected chi connectivity index (χ0v) is 33.4. The van der Waals surface area contributed by atoms with Crippen LogP contribution < -0.4 is 0 Å². The van der Waals surface area contributed by atoms with Gasteiger partial charge in [0.2, 0.25) is 0 Å². The molecule has 21 heteroatoms. The van der Waals surface area contributed by atoms with Crippen LogP contribution in [-0.2, 0) is 59.5 Å². The van der Waals surface area contributed by atoms with Gasteiger partial charge in [0.25, 0.3) is 0 Å². The predicted octanol–water partition coefficient (Wildman–Crippen LogP) is -2.13. The Bertz CT molecular complexity index is 1320. The first-order valence-corrected chi connectivity index (χ1v) is 19.6. The first-order valence-electron chi connectivity index (χ1n) is 19.6. The van der Waals surface area contributed by atoms with Crippen LogP contribution >= 0.6 is 0 Å². The summed E-state index contributed by atoms with van der Waals surface area (Å²) in [6.07, 6.45) is -9.00. The normalized spacial score (nSPS) is 30.3. The van der Waals surface area contributed by atoms with Crippen molar-refractivity contribution in [2.24, 2.45) is 10.8 Å². The van der Waals surface area contributed by atoms with Gasteiger partial charge in [0.1, 0.15) is 60.2 Å². The summed E-state index contributed by atoms with van der Waals surface area (Å²) in [5.74, 6) is 0. The van der Waals surface area contributed by atoms with E-state index in [0.717, 1.165) is 25.7 Å². The highest BCUT2D eigenvalue weighted by Crippen LogP contribution is 2.29. The molecule has 0 spiro atoms. The van der Waals surface area contributed by atoms with E-state index in [2.05, 4.69) is 34.5 Å². The number of rotatable bonds is 26. The zero-order valence-electron chi connectivity index (χ0n) is 33.4. The molecule has 2 aliphatic heterocycles. The lowest BCUT2D eigenvalue weighted by molar-refractivity contribution is -0.375. The molecule has 57 heavy (non-hydrogen) atoms. The average molecular weight is 821 g/mol. The van der Waals surface area contributed by atoms with Crippen molar-refractivity contribution in [2.45, 2.75) is 141 Å². The number of nitrogens with zero attached hydrogens (tertiary/aromatic N) is 6. The van der Waals surface area contributed by atoms with E-state index in [1.807, 2.05) is 13.8 Å². The van der Waals surface area contributed by atoms with Crippen LogP contribution in [0.15, 0.2) is 12.4 Å². The fourth-order valence-electron chi connectivity index (χ4n) is 6.05. The first kappa shape index (κ1) is 47.4. The summed E-state index contributed by atoms with van der Waals surface area (Å²) in [5.41, 5.74) is -0.330. The van der Waals surface area contributed by atoms with Crippen molar-refractivity contribution in [1.82, 2.24) is 30.0 Å². The van der Waals surface area contributed by atoms with Crippen LogP contribution in [0.25, 0.3) is 0 Å². The van der Waals surface area contributed by atoms with E-state index in [-0.39, 0.29) is 52.7 Å². The van der Waals surface area contributed by atoms with Crippen molar-refractivity contribution in [3.8, 4) is 0 Å². The molecule has 8 N–H and O–H groups in total. The van der Waals surface area contributed by atoms with Gasteiger partial charge in [0.15, 0.2) is 12.6 Å². The van der Waals surface area contributed by atoms with Gasteiger partial charge >= 0.3 is 0 Å². The maximum absolute atomic E-state index is 10.8. The second-order valence-corrected chi connectivity index (χ2v) is 15.8. The van der Waals surface area contributed by atoms with Crippen molar-refractivity contribution >= 4 is 0 Å². The van der Waals surface area contributed by atoms with Crippen molar-refractivity contribution in [3.63, 3.8) is 0 Å². The predicted molar refractivity (Wildman–Crippen MR) is 196 cm³/mol. The van der Waals surface area contributed by atoms with Crippen LogP contribution in [0.2, 0.25) is 0 Å². The topological polar surface area (TPSA) is 288 Å². The number of ether oxygens (including phenoxy) is 7. The van der Waals surface area contributed by atoms with Crippen LogP contribution in [0.3, 0.4) is 0 Å². The number of aliphatic hydroxyl groups excluding tert-OH is 8. The lowest BCUT2D eigenvalue weighted by atomic mass is 9.94. The first-order chi connectivity index (χ1) is 27.2. The Morgan fingerprint density at radius 1 is 0.596 bits per heavy atom. The molecular weight excluding hydrogens is 756 g/mol. The maximum Gasteiger partial charge on any atom is 0.189 e. The molecule has 2 aromatic heterocycles. The second kappa shape index (κ2) is 22.9. The number of hydrogen-bond acceptors (Lipinski definition) is 19. The minimum atomic E-state index is -1.80. The van der Waals surface area contributed by atoms with E-state index < -0.39 is 72.2 Å². The molecule has 4 heterocycles. The molecule has 0 aliphatic carbocycles. The summed E-state index contributed by atoms with van der Waals surface area (Å²) >= 11 is 0. The van der Waals surface area contributed by atoms with Gasteiger partial charge in [-0.1, -0.05) is 51.0 Å². The molecule has 2 saturated heterocycles. The molecule has 2 aliphatic rings. The van der Waals surface area contributed by atoms with Crippen LogP contribution in [0.4, 0.5) is 0 Å². The third kappa shape index (κ3) is 13.9. The molecule has 0 bridgehead atoms. The van der Waals surface area contributed by atoms with E-state index >= 15 is 0 Å². The number of hydrogen-bond donors (Lipinski definition) is 8. The molecule has 21 nitrogen and oxygen atoms in total. The third-order valence-electron chi connectivity index (χ3n) is 9.86. The smallest absolute Gasteiger partial charge is 0.189 e. The largest absolute Gasteiger partial charge is 0.396 e. The Morgan fingerprint density at radius 2 is 0.982 bits per heavy atom. The molecule has 0 radical (unpaired) electrons. The van der Waals surface area contributed by atoms with Crippen LogP contribution in [-0.4, -0.2) is 185 Å². The summed E-state index contributed by atoms with van der Waals surface area (Å²) < 4.78 is 43.0. The van der Waals surface area contributed by atoms with Gasteiger partial charge in [-0.3, -0.25) is 0 Å². The lowest BCUT2D eigenvalue weighted by Crippen LogP contribution is -2.63.